The molecule has 20 heavy (non-hydrogen) atoms. The summed E-state index contributed by atoms with van der Waals surface area (Å²) in [7, 11) is 0. The first kappa shape index (κ1) is 15.1. The number of phenolic OH excluding ortho intramolecular Hbond substituents is 1. The van der Waals surface area contributed by atoms with Gasteiger partial charge in [-0.2, -0.15) is 0 Å². The van der Waals surface area contributed by atoms with E-state index in [4.69, 9.17) is 4.74 Å². The highest BCUT2D eigenvalue weighted by Gasteiger charge is 2.26. The fourth-order valence-electron chi connectivity index (χ4n) is 2.85. The quantitative estimate of drug-likeness (QED) is 0.837. The van der Waals surface area contributed by atoms with Crippen LogP contribution in [0.25, 0.3) is 0 Å². The van der Waals surface area contributed by atoms with E-state index < -0.39 is 0 Å². The monoisotopic (exact) mass is 279 g/mol. The van der Waals surface area contributed by atoms with Crippen molar-refractivity contribution in [1.82, 2.24) is 4.90 Å². The number of nitrogens with zero attached hydrogens (tertiary/aromatic N) is 1. The van der Waals surface area contributed by atoms with Crippen molar-refractivity contribution in [2.45, 2.75) is 19.8 Å². The number of aromatic hydroxyl groups is 1. The molecule has 0 bridgehead atoms. The molecular weight excluding hydrogens is 254 g/mol. The Morgan fingerprint density at radius 1 is 1.35 bits per heavy atom. The molecule has 1 aliphatic heterocycles. The van der Waals surface area contributed by atoms with Crippen molar-refractivity contribution >= 4 is 0 Å². The number of hydrogen-bond donors (Lipinski definition) is 2. The minimum absolute atomic E-state index is 0.162. The molecule has 0 aliphatic carbocycles. The molecule has 4 heteroatoms. The molecule has 1 aromatic rings. The second-order valence-corrected chi connectivity index (χ2v) is 5.52. The van der Waals surface area contributed by atoms with Gasteiger partial charge in [-0.25, -0.2) is 0 Å². The third-order valence-electron chi connectivity index (χ3n) is 4.26. The summed E-state index contributed by atoms with van der Waals surface area (Å²) < 4.78 is 5.71. The molecule has 1 aromatic carbocycles. The Morgan fingerprint density at radius 3 is 2.70 bits per heavy atom. The van der Waals surface area contributed by atoms with Gasteiger partial charge in [0.1, 0.15) is 11.5 Å². The van der Waals surface area contributed by atoms with E-state index in [2.05, 4.69) is 11.8 Å². The first-order chi connectivity index (χ1) is 9.72. The van der Waals surface area contributed by atoms with Crippen LogP contribution in [0.15, 0.2) is 24.3 Å². The van der Waals surface area contributed by atoms with Gasteiger partial charge in [-0.3, -0.25) is 0 Å². The Morgan fingerprint density at radius 2 is 2.10 bits per heavy atom. The number of likely N-dealkylation sites (tertiary alicyclic amines) is 1. The third kappa shape index (κ3) is 4.12. The van der Waals surface area contributed by atoms with Gasteiger partial charge in [-0.1, -0.05) is 13.0 Å². The minimum Gasteiger partial charge on any atom is -0.508 e. The molecule has 1 saturated heterocycles. The van der Waals surface area contributed by atoms with Crippen molar-refractivity contribution in [3.63, 3.8) is 0 Å². The number of ether oxygens (including phenoxy) is 1. The Bertz CT molecular complexity index is 402. The first-order valence-electron chi connectivity index (χ1n) is 7.48. The fraction of sp³-hybridized carbons (Fsp3) is 0.625. The molecule has 0 spiro atoms. The van der Waals surface area contributed by atoms with Crippen molar-refractivity contribution in [1.29, 1.82) is 0 Å². The molecule has 1 aliphatic rings. The number of rotatable bonds is 6. The predicted molar refractivity (Wildman–Crippen MR) is 79.0 cm³/mol. The topological polar surface area (TPSA) is 52.9 Å². The molecular formula is C16H25NO3. The summed E-state index contributed by atoms with van der Waals surface area (Å²) in [6.45, 7) is 6.20. The second kappa shape index (κ2) is 7.50. The van der Waals surface area contributed by atoms with Crippen LogP contribution in [0.3, 0.4) is 0 Å². The van der Waals surface area contributed by atoms with Crippen LogP contribution in [0.2, 0.25) is 0 Å². The van der Waals surface area contributed by atoms with Crippen molar-refractivity contribution in [2.75, 3.05) is 32.8 Å². The van der Waals surface area contributed by atoms with Gasteiger partial charge in [0.15, 0.2) is 0 Å². The van der Waals surface area contributed by atoms with Gasteiger partial charge < -0.3 is 19.8 Å². The number of aliphatic hydroxyl groups excluding tert-OH is 1. The average molecular weight is 279 g/mol. The van der Waals surface area contributed by atoms with Crippen LogP contribution in [-0.4, -0.2) is 48.0 Å². The van der Waals surface area contributed by atoms with Crippen LogP contribution in [0, 0.1) is 11.8 Å². The molecule has 2 rings (SSSR count). The zero-order chi connectivity index (χ0) is 14.4. The maximum absolute atomic E-state index is 9.59. The van der Waals surface area contributed by atoms with E-state index in [0.717, 1.165) is 32.5 Å². The van der Waals surface area contributed by atoms with E-state index in [1.807, 2.05) is 6.07 Å². The van der Waals surface area contributed by atoms with E-state index in [9.17, 15) is 10.2 Å². The summed E-state index contributed by atoms with van der Waals surface area (Å²) >= 11 is 0. The molecule has 0 radical (unpaired) electrons. The zero-order valence-corrected chi connectivity index (χ0v) is 12.2. The summed E-state index contributed by atoms with van der Waals surface area (Å²) in [5.41, 5.74) is 0. The van der Waals surface area contributed by atoms with Crippen LogP contribution in [0.1, 0.15) is 19.8 Å². The number of hydrogen-bond acceptors (Lipinski definition) is 4. The lowest BCUT2D eigenvalue weighted by molar-refractivity contribution is 0.0756. The van der Waals surface area contributed by atoms with Crippen LogP contribution in [0.4, 0.5) is 0 Å². The molecule has 1 unspecified atom stereocenters. The van der Waals surface area contributed by atoms with E-state index in [-0.39, 0.29) is 18.3 Å². The molecule has 1 heterocycles. The van der Waals surface area contributed by atoms with E-state index in [0.29, 0.717) is 18.3 Å². The van der Waals surface area contributed by atoms with Gasteiger partial charge >= 0.3 is 0 Å². The molecule has 0 aromatic heterocycles. The lowest BCUT2D eigenvalue weighted by atomic mass is 9.85. The predicted octanol–water partition coefficient (Wildman–Crippen LogP) is 2.11. The molecule has 0 amide bonds. The lowest BCUT2D eigenvalue weighted by Gasteiger charge is -2.34. The lowest BCUT2D eigenvalue weighted by Crippen LogP contribution is -2.38. The summed E-state index contributed by atoms with van der Waals surface area (Å²) in [4.78, 5) is 2.45. The van der Waals surface area contributed by atoms with Gasteiger partial charge in [-0.15, -0.1) is 0 Å². The van der Waals surface area contributed by atoms with Gasteiger partial charge in [0.05, 0.1) is 6.61 Å². The van der Waals surface area contributed by atoms with Crippen LogP contribution in [-0.2, 0) is 0 Å². The number of aliphatic hydroxyl groups is 1. The second-order valence-electron chi connectivity index (χ2n) is 5.52. The van der Waals surface area contributed by atoms with Gasteiger partial charge in [0.2, 0.25) is 0 Å². The van der Waals surface area contributed by atoms with Crippen LogP contribution < -0.4 is 4.74 Å². The Labute approximate surface area is 121 Å². The Hall–Kier alpha value is -1.26. The van der Waals surface area contributed by atoms with E-state index in [1.54, 1.807) is 18.2 Å². The van der Waals surface area contributed by atoms with Crippen molar-refractivity contribution in [3.8, 4) is 11.5 Å². The van der Waals surface area contributed by atoms with Gasteiger partial charge in [0.25, 0.3) is 0 Å². The summed E-state index contributed by atoms with van der Waals surface area (Å²) in [5.74, 6) is 1.57. The van der Waals surface area contributed by atoms with E-state index >= 15 is 0 Å². The average Bonchev–Trinajstić information content (AvgIpc) is 2.48. The van der Waals surface area contributed by atoms with Crippen LogP contribution in [0.5, 0.6) is 11.5 Å². The van der Waals surface area contributed by atoms with Crippen molar-refractivity contribution in [3.05, 3.63) is 24.3 Å². The fourth-order valence-corrected chi connectivity index (χ4v) is 2.85. The summed E-state index contributed by atoms with van der Waals surface area (Å²) in [5, 5.41) is 19.0. The number of phenols is 1. The van der Waals surface area contributed by atoms with Crippen molar-refractivity contribution < 1.29 is 14.9 Å². The highest BCUT2D eigenvalue weighted by Crippen LogP contribution is 2.26. The molecule has 2 N–H and O–H groups in total. The first-order valence-corrected chi connectivity index (χ1v) is 7.48. The number of benzene rings is 1. The maximum Gasteiger partial charge on any atom is 0.122 e. The smallest absolute Gasteiger partial charge is 0.122 e. The summed E-state index contributed by atoms with van der Waals surface area (Å²) in [6, 6.07) is 6.82. The Balaban J connectivity index is 1.83. The van der Waals surface area contributed by atoms with Gasteiger partial charge in [0, 0.05) is 18.6 Å². The SMILES string of the molecule is CCN1CCC(C(CO)COc2cccc(O)c2)CC1. The Kier molecular flexibility index (Phi) is 5.68. The molecule has 112 valence electrons. The molecule has 1 atom stereocenters. The zero-order valence-electron chi connectivity index (χ0n) is 12.2. The standard InChI is InChI=1S/C16H25NO3/c1-2-17-8-6-13(7-9-17)14(11-18)12-20-16-5-3-4-15(19)10-16/h3-5,10,13-14,18-19H,2,6-9,11-12H2,1H3. The highest BCUT2D eigenvalue weighted by molar-refractivity contribution is 5.31. The minimum atomic E-state index is 0.162. The molecule has 0 saturated carbocycles. The number of piperidine rings is 1. The third-order valence-corrected chi connectivity index (χ3v) is 4.26. The van der Waals surface area contributed by atoms with Gasteiger partial charge in [-0.05, 0) is 50.5 Å². The van der Waals surface area contributed by atoms with E-state index in [1.165, 1.54) is 0 Å². The summed E-state index contributed by atoms with van der Waals surface area (Å²) in [6.07, 6.45) is 2.25. The van der Waals surface area contributed by atoms with Crippen molar-refractivity contribution in [2.24, 2.45) is 11.8 Å². The molecule has 4 nitrogen and oxygen atoms in total. The largest absolute Gasteiger partial charge is 0.508 e. The molecule has 1 fully saturated rings. The highest BCUT2D eigenvalue weighted by atomic mass is 16.5. The van der Waals surface area contributed by atoms with Crippen LogP contribution >= 0.6 is 0 Å². The normalized spacial score (nSPS) is 18.9. The maximum atomic E-state index is 9.59.